The van der Waals surface area contributed by atoms with Crippen LogP contribution < -0.4 is 5.32 Å². The number of rotatable bonds is 3. The van der Waals surface area contributed by atoms with Gasteiger partial charge in [0.2, 0.25) is 0 Å². The van der Waals surface area contributed by atoms with Crippen molar-refractivity contribution in [2.24, 2.45) is 5.92 Å². The predicted molar refractivity (Wildman–Crippen MR) is 83.9 cm³/mol. The molecule has 1 saturated heterocycles. The Morgan fingerprint density at radius 1 is 1.52 bits per heavy atom. The normalized spacial score (nSPS) is 18.9. The van der Waals surface area contributed by atoms with Gasteiger partial charge in [-0.2, -0.15) is 0 Å². The van der Waals surface area contributed by atoms with E-state index in [4.69, 9.17) is 16.3 Å². The summed E-state index contributed by atoms with van der Waals surface area (Å²) in [7, 11) is 0. The standard InChI is InChI=1S/C16H19ClN2O2/c1-10-12-5-2-6-13(17)15(12)19-14(10)16(20)18-8-11-4-3-7-21-9-11/h2,5-6,11,19H,3-4,7-9H2,1H3,(H,18,20). The molecule has 1 aromatic carbocycles. The Morgan fingerprint density at radius 2 is 2.38 bits per heavy atom. The molecule has 0 bridgehead atoms. The summed E-state index contributed by atoms with van der Waals surface area (Å²) >= 11 is 6.17. The van der Waals surface area contributed by atoms with Crippen LogP contribution in [0.3, 0.4) is 0 Å². The van der Waals surface area contributed by atoms with Crippen LogP contribution in [-0.4, -0.2) is 30.6 Å². The number of halogens is 1. The molecule has 112 valence electrons. The molecule has 0 radical (unpaired) electrons. The minimum absolute atomic E-state index is 0.0784. The number of amides is 1. The van der Waals surface area contributed by atoms with Gasteiger partial charge in [0.05, 0.1) is 17.1 Å². The number of benzene rings is 1. The maximum atomic E-state index is 12.4. The third-order valence-corrected chi connectivity index (χ3v) is 4.39. The van der Waals surface area contributed by atoms with E-state index >= 15 is 0 Å². The van der Waals surface area contributed by atoms with Crippen molar-refractivity contribution in [3.63, 3.8) is 0 Å². The molecule has 1 aliphatic rings. The van der Waals surface area contributed by atoms with Gasteiger partial charge >= 0.3 is 0 Å². The lowest BCUT2D eigenvalue weighted by Crippen LogP contribution is -2.33. The van der Waals surface area contributed by atoms with E-state index in [0.29, 0.717) is 23.2 Å². The number of fused-ring (bicyclic) bond motifs is 1. The van der Waals surface area contributed by atoms with Crippen LogP contribution in [0, 0.1) is 12.8 Å². The van der Waals surface area contributed by atoms with Gasteiger partial charge in [0.25, 0.3) is 5.91 Å². The summed E-state index contributed by atoms with van der Waals surface area (Å²) in [6.07, 6.45) is 2.18. The van der Waals surface area contributed by atoms with Crippen LogP contribution in [0.2, 0.25) is 5.02 Å². The van der Waals surface area contributed by atoms with Crippen molar-refractivity contribution >= 4 is 28.4 Å². The van der Waals surface area contributed by atoms with E-state index in [1.807, 2.05) is 25.1 Å². The molecule has 0 aliphatic carbocycles. The quantitative estimate of drug-likeness (QED) is 0.914. The molecule has 1 unspecified atom stereocenters. The van der Waals surface area contributed by atoms with Gasteiger partial charge in [0, 0.05) is 18.5 Å². The molecule has 0 saturated carbocycles. The van der Waals surface area contributed by atoms with E-state index in [-0.39, 0.29) is 5.91 Å². The van der Waals surface area contributed by atoms with Gasteiger partial charge in [0.15, 0.2) is 0 Å². The first kappa shape index (κ1) is 14.4. The lowest BCUT2D eigenvalue weighted by Gasteiger charge is -2.22. The maximum Gasteiger partial charge on any atom is 0.268 e. The third-order valence-electron chi connectivity index (χ3n) is 4.08. The van der Waals surface area contributed by atoms with Gasteiger partial charge in [0.1, 0.15) is 5.69 Å². The molecule has 5 heteroatoms. The van der Waals surface area contributed by atoms with E-state index in [2.05, 4.69) is 10.3 Å². The molecule has 1 aliphatic heterocycles. The monoisotopic (exact) mass is 306 g/mol. The summed E-state index contributed by atoms with van der Waals surface area (Å²) in [6, 6.07) is 5.69. The second-order valence-electron chi connectivity index (χ2n) is 5.58. The summed E-state index contributed by atoms with van der Waals surface area (Å²) < 4.78 is 5.43. The van der Waals surface area contributed by atoms with E-state index < -0.39 is 0 Å². The molecular formula is C16H19ClN2O2. The SMILES string of the molecule is Cc1c(C(=O)NCC2CCCOC2)[nH]c2c(Cl)cccc12. The number of aromatic amines is 1. The summed E-state index contributed by atoms with van der Waals surface area (Å²) in [5.41, 5.74) is 2.35. The first-order chi connectivity index (χ1) is 10.2. The van der Waals surface area contributed by atoms with Crippen molar-refractivity contribution in [3.05, 3.63) is 34.5 Å². The van der Waals surface area contributed by atoms with Crippen LogP contribution >= 0.6 is 11.6 Å². The number of carbonyl (C=O) groups is 1. The van der Waals surface area contributed by atoms with Crippen molar-refractivity contribution in [2.75, 3.05) is 19.8 Å². The van der Waals surface area contributed by atoms with Crippen molar-refractivity contribution in [1.29, 1.82) is 0 Å². The number of aromatic nitrogens is 1. The van der Waals surface area contributed by atoms with E-state index in [0.717, 1.165) is 42.5 Å². The number of aryl methyl sites for hydroxylation is 1. The van der Waals surface area contributed by atoms with Crippen molar-refractivity contribution in [1.82, 2.24) is 10.3 Å². The van der Waals surface area contributed by atoms with Gasteiger partial charge in [-0.25, -0.2) is 0 Å². The highest BCUT2D eigenvalue weighted by atomic mass is 35.5. The number of carbonyl (C=O) groups excluding carboxylic acids is 1. The number of nitrogens with one attached hydrogen (secondary N) is 2. The van der Waals surface area contributed by atoms with E-state index in [1.54, 1.807) is 0 Å². The Morgan fingerprint density at radius 3 is 3.10 bits per heavy atom. The minimum atomic E-state index is -0.0784. The van der Waals surface area contributed by atoms with E-state index in [1.165, 1.54) is 0 Å². The molecule has 4 nitrogen and oxygen atoms in total. The largest absolute Gasteiger partial charge is 0.381 e. The van der Waals surface area contributed by atoms with Gasteiger partial charge in [-0.1, -0.05) is 23.7 Å². The Balaban J connectivity index is 1.75. The van der Waals surface area contributed by atoms with Crippen LogP contribution in [-0.2, 0) is 4.74 Å². The molecule has 1 atom stereocenters. The van der Waals surface area contributed by atoms with Crippen LogP contribution in [0.1, 0.15) is 28.9 Å². The molecule has 0 spiro atoms. The zero-order valence-electron chi connectivity index (χ0n) is 12.0. The zero-order valence-corrected chi connectivity index (χ0v) is 12.8. The van der Waals surface area contributed by atoms with Crippen molar-refractivity contribution < 1.29 is 9.53 Å². The minimum Gasteiger partial charge on any atom is -0.381 e. The van der Waals surface area contributed by atoms with Gasteiger partial charge in [-0.15, -0.1) is 0 Å². The summed E-state index contributed by atoms with van der Waals surface area (Å²) in [5, 5.41) is 4.63. The highest BCUT2D eigenvalue weighted by Crippen LogP contribution is 2.27. The Hall–Kier alpha value is -1.52. The molecule has 1 fully saturated rings. The number of para-hydroxylation sites is 1. The summed E-state index contributed by atoms with van der Waals surface area (Å²) in [4.78, 5) is 15.5. The highest BCUT2D eigenvalue weighted by Gasteiger charge is 2.18. The van der Waals surface area contributed by atoms with Crippen molar-refractivity contribution in [2.45, 2.75) is 19.8 Å². The molecule has 21 heavy (non-hydrogen) atoms. The maximum absolute atomic E-state index is 12.4. The number of ether oxygens (including phenoxy) is 1. The second-order valence-corrected chi connectivity index (χ2v) is 5.99. The van der Waals surface area contributed by atoms with Crippen LogP contribution in [0.5, 0.6) is 0 Å². The summed E-state index contributed by atoms with van der Waals surface area (Å²) in [6.45, 7) is 4.16. The molecule has 3 rings (SSSR count). The first-order valence-electron chi connectivity index (χ1n) is 7.29. The second kappa shape index (κ2) is 6.08. The molecular weight excluding hydrogens is 288 g/mol. The number of hydrogen-bond donors (Lipinski definition) is 2. The van der Waals surface area contributed by atoms with E-state index in [9.17, 15) is 4.79 Å². The molecule has 2 N–H and O–H groups in total. The highest BCUT2D eigenvalue weighted by molar-refractivity contribution is 6.35. The lowest BCUT2D eigenvalue weighted by atomic mass is 10.0. The smallest absolute Gasteiger partial charge is 0.268 e. The molecule has 1 aromatic heterocycles. The molecule has 2 aromatic rings. The van der Waals surface area contributed by atoms with Crippen molar-refractivity contribution in [3.8, 4) is 0 Å². The van der Waals surface area contributed by atoms with Gasteiger partial charge in [-0.05, 0) is 37.3 Å². The first-order valence-corrected chi connectivity index (χ1v) is 7.67. The Kier molecular flexibility index (Phi) is 4.17. The summed E-state index contributed by atoms with van der Waals surface area (Å²) in [5.74, 6) is 0.335. The van der Waals surface area contributed by atoms with Gasteiger partial charge < -0.3 is 15.0 Å². The van der Waals surface area contributed by atoms with Crippen LogP contribution in [0.15, 0.2) is 18.2 Å². The number of H-pyrrole nitrogens is 1. The topological polar surface area (TPSA) is 54.1 Å². The lowest BCUT2D eigenvalue weighted by molar-refractivity contribution is 0.0536. The van der Waals surface area contributed by atoms with Crippen LogP contribution in [0.25, 0.3) is 10.9 Å². The fourth-order valence-corrected chi connectivity index (χ4v) is 3.06. The Labute approximate surface area is 128 Å². The van der Waals surface area contributed by atoms with Crippen LogP contribution in [0.4, 0.5) is 0 Å². The molecule has 2 heterocycles. The predicted octanol–water partition coefficient (Wildman–Crippen LogP) is 3.29. The molecule has 1 amide bonds. The Bertz CT molecular complexity index is 660. The fourth-order valence-electron chi connectivity index (χ4n) is 2.84. The average Bonchev–Trinajstić information content (AvgIpc) is 2.85. The average molecular weight is 307 g/mol. The zero-order chi connectivity index (χ0) is 14.8. The fraction of sp³-hybridized carbons (Fsp3) is 0.438. The third kappa shape index (κ3) is 2.92. The number of hydrogen-bond acceptors (Lipinski definition) is 2. The van der Waals surface area contributed by atoms with Gasteiger partial charge in [-0.3, -0.25) is 4.79 Å².